The summed E-state index contributed by atoms with van der Waals surface area (Å²) < 4.78 is 40.4. The molecule has 3 rings (SSSR count). The van der Waals surface area contributed by atoms with E-state index in [0.29, 0.717) is 17.2 Å². The van der Waals surface area contributed by atoms with Gasteiger partial charge in [0.25, 0.3) is 0 Å². The van der Waals surface area contributed by atoms with Gasteiger partial charge in [-0.3, -0.25) is 0 Å². The number of aromatic nitrogens is 4. The summed E-state index contributed by atoms with van der Waals surface area (Å²) in [6.45, 7) is 6.96. The van der Waals surface area contributed by atoms with E-state index in [2.05, 4.69) is 20.3 Å². The van der Waals surface area contributed by atoms with Gasteiger partial charge in [0, 0.05) is 23.8 Å². The first-order valence-corrected chi connectivity index (χ1v) is 8.51. The summed E-state index contributed by atoms with van der Waals surface area (Å²) in [7, 11) is 0. The zero-order chi connectivity index (χ0) is 20.7. The second kappa shape index (κ2) is 6.90. The minimum Gasteiger partial charge on any atom is -0.384 e. The first-order valence-electron chi connectivity index (χ1n) is 8.51. The number of anilines is 2. The molecule has 0 amide bonds. The molecule has 3 aromatic rings. The van der Waals surface area contributed by atoms with E-state index in [9.17, 15) is 18.3 Å². The molecular formula is C19H20F3N5O. The molecule has 0 spiro atoms. The first-order chi connectivity index (χ1) is 12.9. The Labute approximate surface area is 160 Å². The quantitative estimate of drug-likeness (QED) is 0.695. The highest BCUT2D eigenvalue weighted by Crippen LogP contribution is 2.29. The summed E-state index contributed by atoms with van der Waals surface area (Å²) in [5, 5.41) is 13.0. The maximum atomic E-state index is 12.9. The standard InChI is InChI=1S/C19H20F3N5O/c1-11-7-13(25-17-23-6-5-15(26-17)19(20,21)22)9-14(8-11)27-10-16(18(3,4)28)24-12(27)2/h5-10,28H,1-4H3,(H,23,25,26). The maximum Gasteiger partial charge on any atom is 0.433 e. The molecule has 0 fully saturated rings. The molecule has 2 N–H and O–H groups in total. The molecule has 2 heterocycles. The van der Waals surface area contributed by atoms with Gasteiger partial charge in [-0.05, 0) is 57.5 Å². The topological polar surface area (TPSA) is 75.9 Å². The molecule has 1 aromatic carbocycles. The Morgan fingerprint density at radius 1 is 1.04 bits per heavy atom. The number of halogens is 3. The Morgan fingerprint density at radius 2 is 1.75 bits per heavy atom. The van der Waals surface area contributed by atoms with Gasteiger partial charge < -0.3 is 15.0 Å². The number of hydrogen-bond donors (Lipinski definition) is 2. The van der Waals surface area contributed by atoms with Crippen LogP contribution in [0.2, 0.25) is 0 Å². The number of alkyl halides is 3. The van der Waals surface area contributed by atoms with Gasteiger partial charge in [0.1, 0.15) is 17.1 Å². The number of imidazole rings is 1. The SMILES string of the molecule is Cc1cc(Nc2nccc(C(F)(F)F)n2)cc(-n2cc(C(C)(C)O)nc2C)c1. The lowest BCUT2D eigenvalue weighted by Gasteiger charge is -2.13. The summed E-state index contributed by atoms with van der Waals surface area (Å²) in [5.74, 6) is 0.523. The van der Waals surface area contributed by atoms with E-state index in [-0.39, 0.29) is 5.95 Å². The second-order valence-electron chi connectivity index (χ2n) is 7.05. The minimum absolute atomic E-state index is 0.147. The van der Waals surface area contributed by atoms with Crippen LogP contribution in [0.3, 0.4) is 0 Å². The molecule has 0 aliphatic heterocycles. The lowest BCUT2D eigenvalue weighted by Crippen LogP contribution is -2.15. The van der Waals surface area contributed by atoms with E-state index in [4.69, 9.17) is 0 Å². The third kappa shape index (κ3) is 4.30. The van der Waals surface area contributed by atoms with Crippen LogP contribution in [-0.4, -0.2) is 24.6 Å². The normalized spacial score (nSPS) is 12.3. The molecule has 28 heavy (non-hydrogen) atoms. The Hall–Kier alpha value is -2.94. The number of hydrogen-bond acceptors (Lipinski definition) is 5. The van der Waals surface area contributed by atoms with Crippen LogP contribution in [0.25, 0.3) is 5.69 Å². The fourth-order valence-electron chi connectivity index (χ4n) is 2.71. The molecule has 0 saturated heterocycles. The number of nitrogens with one attached hydrogen (secondary N) is 1. The van der Waals surface area contributed by atoms with E-state index in [1.165, 1.54) is 0 Å². The van der Waals surface area contributed by atoms with Crippen LogP contribution in [0.5, 0.6) is 0 Å². The van der Waals surface area contributed by atoms with E-state index >= 15 is 0 Å². The second-order valence-corrected chi connectivity index (χ2v) is 7.05. The number of aliphatic hydroxyl groups is 1. The number of rotatable bonds is 4. The molecule has 0 aliphatic carbocycles. The zero-order valence-electron chi connectivity index (χ0n) is 15.8. The predicted molar refractivity (Wildman–Crippen MR) is 98.6 cm³/mol. The summed E-state index contributed by atoms with van der Waals surface area (Å²) >= 11 is 0. The number of benzene rings is 1. The molecule has 0 unspecified atom stereocenters. The molecule has 148 valence electrons. The van der Waals surface area contributed by atoms with Crippen LogP contribution < -0.4 is 5.32 Å². The fourth-order valence-corrected chi connectivity index (χ4v) is 2.71. The average molecular weight is 391 g/mol. The van der Waals surface area contributed by atoms with Crippen LogP contribution in [-0.2, 0) is 11.8 Å². The van der Waals surface area contributed by atoms with E-state index in [0.717, 1.165) is 23.5 Å². The van der Waals surface area contributed by atoms with Crippen molar-refractivity contribution in [3.63, 3.8) is 0 Å². The Bertz CT molecular complexity index is 1010. The van der Waals surface area contributed by atoms with Crippen molar-refractivity contribution in [3.05, 3.63) is 59.4 Å². The highest BCUT2D eigenvalue weighted by molar-refractivity contribution is 5.59. The Balaban J connectivity index is 1.96. The van der Waals surface area contributed by atoms with Crippen molar-refractivity contribution in [1.29, 1.82) is 0 Å². The van der Waals surface area contributed by atoms with Crippen LogP contribution in [0.15, 0.2) is 36.7 Å². The van der Waals surface area contributed by atoms with Gasteiger partial charge in [0.2, 0.25) is 5.95 Å². The van der Waals surface area contributed by atoms with Crippen molar-refractivity contribution in [2.75, 3.05) is 5.32 Å². The third-order valence-corrected chi connectivity index (χ3v) is 4.05. The molecule has 2 aromatic heterocycles. The van der Waals surface area contributed by atoms with Crippen LogP contribution in [0.4, 0.5) is 24.8 Å². The van der Waals surface area contributed by atoms with E-state index in [1.54, 1.807) is 43.7 Å². The first kappa shape index (κ1) is 19.8. The van der Waals surface area contributed by atoms with Crippen molar-refractivity contribution in [2.45, 2.75) is 39.5 Å². The minimum atomic E-state index is -4.54. The van der Waals surface area contributed by atoms with Crippen molar-refractivity contribution < 1.29 is 18.3 Å². The van der Waals surface area contributed by atoms with Crippen LogP contribution in [0.1, 0.15) is 36.6 Å². The monoisotopic (exact) mass is 391 g/mol. The maximum absolute atomic E-state index is 12.9. The largest absolute Gasteiger partial charge is 0.433 e. The summed E-state index contributed by atoms with van der Waals surface area (Å²) in [6.07, 6.45) is -1.75. The lowest BCUT2D eigenvalue weighted by atomic mass is 10.1. The fraction of sp³-hybridized carbons (Fsp3) is 0.316. The van der Waals surface area contributed by atoms with Gasteiger partial charge in [0.05, 0.1) is 5.69 Å². The van der Waals surface area contributed by atoms with Crippen LogP contribution >= 0.6 is 0 Å². The zero-order valence-corrected chi connectivity index (χ0v) is 15.8. The molecule has 0 bridgehead atoms. The van der Waals surface area contributed by atoms with Gasteiger partial charge >= 0.3 is 6.18 Å². The molecular weight excluding hydrogens is 371 g/mol. The summed E-state index contributed by atoms with van der Waals surface area (Å²) in [4.78, 5) is 11.8. The average Bonchev–Trinajstić information content (AvgIpc) is 2.96. The summed E-state index contributed by atoms with van der Waals surface area (Å²) in [5.41, 5.74) is 0.569. The molecule has 0 saturated carbocycles. The Morgan fingerprint density at radius 3 is 2.36 bits per heavy atom. The highest BCUT2D eigenvalue weighted by atomic mass is 19.4. The van der Waals surface area contributed by atoms with Crippen molar-refractivity contribution in [3.8, 4) is 5.69 Å². The third-order valence-electron chi connectivity index (χ3n) is 4.05. The van der Waals surface area contributed by atoms with E-state index < -0.39 is 17.5 Å². The van der Waals surface area contributed by atoms with Gasteiger partial charge in [-0.15, -0.1) is 0 Å². The number of nitrogens with zero attached hydrogens (tertiary/aromatic N) is 4. The molecule has 6 nitrogen and oxygen atoms in total. The van der Waals surface area contributed by atoms with Crippen molar-refractivity contribution >= 4 is 11.6 Å². The van der Waals surface area contributed by atoms with Crippen molar-refractivity contribution in [1.82, 2.24) is 19.5 Å². The van der Waals surface area contributed by atoms with Crippen molar-refractivity contribution in [2.24, 2.45) is 0 Å². The number of aryl methyl sites for hydroxylation is 2. The van der Waals surface area contributed by atoms with E-state index in [1.807, 2.05) is 13.0 Å². The van der Waals surface area contributed by atoms with Gasteiger partial charge in [-0.2, -0.15) is 13.2 Å². The van der Waals surface area contributed by atoms with Crippen LogP contribution in [0, 0.1) is 13.8 Å². The lowest BCUT2D eigenvalue weighted by molar-refractivity contribution is -0.141. The predicted octanol–water partition coefficient (Wildman–Crippen LogP) is 4.27. The molecule has 0 aliphatic rings. The molecule has 0 radical (unpaired) electrons. The molecule has 9 heteroatoms. The van der Waals surface area contributed by atoms with Gasteiger partial charge in [-0.1, -0.05) is 0 Å². The molecule has 0 atom stereocenters. The van der Waals surface area contributed by atoms with Gasteiger partial charge in [-0.25, -0.2) is 15.0 Å². The smallest absolute Gasteiger partial charge is 0.384 e. The van der Waals surface area contributed by atoms with Gasteiger partial charge in [0.15, 0.2) is 0 Å². The summed E-state index contributed by atoms with van der Waals surface area (Å²) in [6, 6.07) is 6.25. The highest BCUT2D eigenvalue weighted by Gasteiger charge is 2.32. The Kier molecular flexibility index (Phi) is 4.88.